The molecule has 0 radical (unpaired) electrons. The molecule has 0 amide bonds. The van der Waals surface area contributed by atoms with Gasteiger partial charge in [-0.05, 0) is 70.6 Å². The van der Waals surface area contributed by atoms with Gasteiger partial charge in [-0.2, -0.15) is 0 Å². The van der Waals surface area contributed by atoms with Crippen molar-refractivity contribution < 1.29 is 63.1 Å². The number of ether oxygens (including phenoxy) is 2. The Morgan fingerprint density at radius 1 is 0.542 bits per heavy atom. The maximum Gasteiger partial charge on any atom is 0.472 e. The number of carbonyl (C=O) groups excluding carboxylic acids is 2. The molecule has 1 saturated carbocycles. The predicted octanol–water partition coefficient (Wildman–Crippen LogP) is 8.39. The first-order chi connectivity index (χ1) is 28.4. The van der Waals surface area contributed by atoms with E-state index >= 15 is 0 Å². The summed E-state index contributed by atoms with van der Waals surface area (Å²) >= 11 is 0. The minimum atomic E-state index is -5.12. The average molecular weight is 859 g/mol. The zero-order valence-electron chi connectivity index (χ0n) is 36.0. The second-order valence-electron chi connectivity index (χ2n) is 15.6. The lowest BCUT2D eigenvalue weighted by atomic mass is 9.85. The minimum Gasteiger partial charge on any atom is -0.462 e. The van der Waals surface area contributed by atoms with Crippen molar-refractivity contribution in [2.24, 2.45) is 0 Å². The molecule has 1 aliphatic carbocycles. The molecule has 0 aromatic carbocycles. The molecule has 8 atom stereocenters. The highest BCUT2D eigenvalue weighted by atomic mass is 31.2. The normalized spacial score (nSPS) is 22.8. The van der Waals surface area contributed by atoms with Gasteiger partial charge in [0.25, 0.3) is 0 Å². The minimum absolute atomic E-state index is 0.0746. The number of rotatable bonds is 36. The molecule has 6 N–H and O–H groups in total. The number of phosphoric acid groups is 1. The Balaban J connectivity index is 2.50. The number of aliphatic hydroxyl groups excluding tert-OH is 5. The molecule has 14 heteroatoms. The Morgan fingerprint density at radius 2 is 0.966 bits per heavy atom. The Kier molecular flexibility index (Phi) is 32.9. The van der Waals surface area contributed by atoms with Crippen LogP contribution in [0.5, 0.6) is 0 Å². The fourth-order valence-corrected chi connectivity index (χ4v) is 7.46. The number of unbranched alkanes of at least 4 members (excludes halogenated alkanes) is 17. The number of esters is 2. The molecule has 342 valence electrons. The first-order valence-corrected chi connectivity index (χ1v) is 24.0. The van der Waals surface area contributed by atoms with Crippen LogP contribution in [-0.4, -0.2) is 98.3 Å². The van der Waals surface area contributed by atoms with Gasteiger partial charge in [-0.25, -0.2) is 4.57 Å². The quantitative estimate of drug-likeness (QED) is 0.0115. The molecule has 1 fully saturated rings. The number of hydrogen-bond donors (Lipinski definition) is 6. The third kappa shape index (κ3) is 28.1. The third-order valence-corrected chi connectivity index (χ3v) is 11.2. The van der Waals surface area contributed by atoms with Gasteiger partial charge < -0.3 is 39.9 Å². The molecule has 59 heavy (non-hydrogen) atoms. The van der Waals surface area contributed by atoms with Crippen molar-refractivity contribution in [3.05, 3.63) is 48.6 Å². The van der Waals surface area contributed by atoms with Gasteiger partial charge in [-0.3, -0.25) is 18.6 Å². The van der Waals surface area contributed by atoms with Crippen LogP contribution in [-0.2, 0) is 32.7 Å². The molecule has 0 spiro atoms. The van der Waals surface area contributed by atoms with Crippen LogP contribution in [0.2, 0.25) is 0 Å². The first kappa shape index (κ1) is 54.8. The topological polar surface area (TPSA) is 210 Å². The van der Waals surface area contributed by atoms with Crippen LogP contribution in [0.1, 0.15) is 168 Å². The molecule has 0 aromatic heterocycles. The van der Waals surface area contributed by atoms with Crippen molar-refractivity contribution in [2.75, 3.05) is 13.2 Å². The number of allylic oxidation sites excluding steroid dienone is 8. The first-order valence-electron chi connectivity index (χ1n) is 22.5. The van der Waals surface area contributed by atoms with Crippen molar-refractivity contribution in [1.82, 2.24) is 0 Å². The molecule has 0 bridgehead atoms. The summed E-state index contributed by atoms with van der Waals surface area (Å²) in [5, 5.41) is 50.1. The van der Waals surface area contributed by atoms with Crippen molar-refractivity contribution in [1.29, 1.82) is 0 Å². The van der Waals surface area contributed by atoms with E-state index in [-0.39, 0.29) is 12.8 Å². The Bertz CT molecular complexity index is 1220. The highest BCUT2D eigenvalue weighted by Gasteiger charge is 2.51. The summed E-state index contributed by atoms with van der Waals surface area (Å²) in [6, 6.07) is 0. The molecule has 13 nitrogen and oxygen atoms in total. The SMILES string of the molecule is CCCCC/C=C/C/C=C/CCCCCCCC(=O)OC[C@H](COP(=O)(O)OC1C(O)C(O)C(O)[C@@H](O)C1O)OC(=O)CCCCCCC/C=C/C=C/CCCCCC. The monoisotopic (exact) mass is 859 g/mol. The van der Waals surface area contributed by atoms with Crippen molar-refractivity contribution in [2.45, 2.75) is 211 Å². The molecule has 0 saturated heterocycles. The van der Waals surface area contributed by atoms with Crippen LogP contribution in [0.4, 0.5) is 0 Å². The lowest BCUT2D eigenvalue weighted by Crippen LogP contribution is -2.64. The zero-order chi connectivity index (χ0) is 43.6. The molecule has 0 heterocycles. The van der Waals surface area contributed by atoms with E-state index in [1.165, 1.54) is 44.9 Å². The highest BCUT2D eigenvalue weighted by molar-refractivity contribution is 7.47. The van der Waals surface area contributed by atoms with Gasteiger partial charge in [-0.15, -0.1) is 0 Å². The number of phosphoric ester groups is 1. The van der Waals surface area contributed by atoms with E-state index in [0.717, 1.165) is 83.5 Å². The van der Waals surface area contributed by atoms with Crippen molar-refractivity contribution in [3.63, 3.8) is 0 Å². The van der Waals surface area contributed by atoms with Gasteiger partial charge in [0.2, 0.25) is 0 Å². The summed E-state index contributed by atoms with van der Waals surface area (Å²) in [5.74, 6) is -1.14. The molecule has 0 aromatic rings. The highest BCUT2D eigenvalue weighted by Crippen LogP contribution is 2.47. The second kappa shape index (κ2) is 35.4. The summed E-state index contributed by atoms with van der Waals surface area (Å²) < 4.78 is 33.5. The standard InChI is InChI=1S/C45H79O13P/c1-3-5-7-9-11-13-15-17-19-21-23-25-27-29-31-33-38(46)55-35-37(36-56-59(53,54)58-45-43(51)41(49)40(48)42(50)44(45)52)57-39(47)34-32-30-28-26-24-22-20-18-16-14-12-10-8-6-4-2/h11,13-14,16-20,37,40-45,48-52H,3-10,12,15,21-36H2,1-2H3,(H,53,54)/b13-11+,16-14+,19-17+,20-18+/t37-,40?,41-,42?,43?,44?,45?/m1/s1. The Labute approximate surface area is 354 Å². The maximum atomic E-state index is 12.8. The van der Waals surface area contributed by atoms with E-state index in [4.69, 9.17) is 18.5 Å². The Morgan fingerprint density at radius 3 is 1.51 bits per heavy atom. The number of carbonyl (C=O) groups is 2. The lowest BCUT2D eigenvalue weighted by Gasteiger charge is -2.41. The summed E-state index contributed by atoms with van der Waals surface area (Å²) in [7, 11) is -5.12. The van der Waals surface area contributed by atoms with Crippen molar-refractivity contribution >= 4 is 19.8 Å². The van der Waals surface area contributed by atoms with E-state index in [9.17, 15) is 44.6 Å². The Hall–Kier alpha value is -2.19. The molecule has 1 rings (SSSR count). The van der Waals surface area contributed by atoms with E-state index in [1.807, 2.05) is 0 Å². The fraction of sp³-hybridized carbons (Fsp3) is 0.778. The molecule has 6 unspecified atom stereocenters. The maximum absolute atomic E-state index is 12.8. The smallest absolute Gasteiger partial charge is 0.462 e. The third-order valence-electron chi connectivity index (χ3n) is 10.2. The van der Waals surface area contributed by atoms with Crippen LogP contribution >= 0.6 is 7.82 Å². The summed E-state index contributed by atoms with van der Waals surface area (Å²) in [5.41, 5.74) is 0. The lowest BCUT2D eigenvalue weighted by molar-refractivity contribution is -0.220. The van der Waals surface area contributed by atoms with E-state index in [2.05, 4.69) is 62.5 Å². The van der Waals surface area contributed by atoms with Gasteiger partial charge in [0.15, 0.2) is 6.10 Å². The summed E-state index contributed by atoms with van der Waals surface area (Å²) in [6.07, 6.45) is 27.3. The van der Waals surface area contributed by atoms with Crippen LogP contribution in [0, 0.1) is 0 Å². The second-order valence-corrected chi connectivity index (χ2v) is 17.0. The summed E-state index contributed by atoms with van der Waals surface area (Å²) in [4.78, 5) is 35.6. The summed E-state index contributed by atoms with van der Waals surface area (Å²) in [6.45, 7) is 3.21. The van der Waals surface area contributed by atoms with E-state index in [0.29, 0.717) is 12.8 Å². The molecular weight excluding hydrogens is 779 g/mol. The molecule has 0 aliphatic heterocycles. The van der Waals surface area contributed by atoms with E-state index in [1.54, 1.807) is 0 Å². The molecule has 1 aliphatic rings. The van der Waals surface area contributed by atoms with Crippen molar-refractivity contribution in [3.8, 4) is 0 Å². The van der Waals surface area contributed by atoms with Crippen LogP contribution in [0.15, 0.2) is 48.6 Å². The van der Waals surface area contributed by atoms with Crippen LogP contribution < -0.4 is 0 Å². The van der Waals surface area contributed by atoms with Gasteiger partial charge in [-0.1, -0.05) is 133 Å². The largest absolute Gasteiger partial charge is 0.472 e. The molecular formula is C45H79O13P. The number of hydrogen-bond acceptors (Lipinski definition) is 12. The van der Waals surface area contributed by atoms with Gasteiger partial charge in [0.05, 0.1) is 6.61 Å². The van der Waals surface area contributed by atoms with Gasteiger partial charge in [0, 0.05) is 12.8 Å². The van der Waals surface area contributed by atoms with E-state index < -0.39 is 75.7 Å². The van der Waals surface area contributed by atoms with Crippen LogP contribution in [0.3, 0.4) is 0 Å². The fourth-order valence-electron chi connectivity index (χ4n) is 6.48. The van der Waals surface area contributed by atoms with Gasteiger partial charge >= 0.3 is 19.8 Å². The van der Waals surface area contributed by atoms with Crippen LogP contribution in [0.25, 0.3) is 0 Å². The van der Waals surface area contributed by atoms with Gasteiger partial charge in [0.1, 0.15) is 43.2 Å². The average Bonchev–Trinajstić information content (AvgIpc) is 3.21. The zero-order valence-corrected chi connectivity index (χ0v) is 36.9. The predicted molar refractivity (Wildman–Crippen MR) is 230 cm³/mol. The number of aliphatic hydroxyl groups is 5.